The maximum atomic E-state index is 10.9. The first-order valence-electron chi connectivity index (χ1n) is 4.31. The Labute approximate surface area is 81.4 Å². The summed E-state index contributed by atoms with van der Waals surface area (Å²) in [7, 11) is 0. The van der Waals surface area contributed by atoms with Crippen molar-refractivity contribution >= 4 is 21.8 Å². The number of primary amides is 1. The van der Waals surface area contributed by atoms with Crippen molar-refractivity contribution in [1.82, 2.24) is 4.90 Å². The van der Waals surface area contributed by atoms with Gasteiger partial charge in [0.1, 0.15) is 0 Å². The molecule has 1 unspecified atom stereocenters. The number of likely N-dealkylation sites (tertiary alicyclic amines) is 1. The molecule has 0 aromatic rings. The molecular weight excluding hydrogens is 220 g/mol. The second-order valence-electron chi connectivity index (χ2n) is 3.23. The van der Waals surface area contributed by atoms with Crippen LogP contribution in [0.4, 0.5) is 0 Å². The minimum atomic E-state index is -0.144. The van der Waals surface area contributed by atoms with Gasteiger partial charge in [-0.1, -0.05) is 15.9 Å². The lowest BCUT2D eigenvalue weighted by molar-refractivity contribution is -0.123. The summed E-state index contributed by atoms with van der Waals surface area (Å²) in [6.45, 7) is 2.97. The highest BCUT2D eigenvalue weighted by Crippen LogP contribution is 2.15. The van der Waals surface area contributed by atoms with E-state index in [2.05, 4.69) is 20.8 Å². The van der Waals surface area contributed by atoms with E-state index in [-0.39, 0.29) is 11.8 Å². The van der Waals surface area contributed by atoms with Crippen LogP contribution in [0.3, 0.4) is 0 Å². The van der Waals surface area contributed by atoms with Crippen LogP contribution < -0.4 is 5.73 Å². The topological polar surface area (TPSA) is 46.3 Å². The first kappa shape index (κ1) is 9.99. The molecule has 0 radical (unpaired) electrons. The molecule has 0 aromatic carbocycles. The van der Waals surface area contributed by atoms with E-state index in [0.717, 1.165) is 37.8 Å². The van der Waals surface area contributed by atoms with E-state index in [0.29, 0.717) is 0 Å². The minimum Gasteiger partial charge on any atom is -0.369 e. The van der Waals surface area contributed by atoms with Crippen LogP contribution in [0.25, 0.3) is 0 Å². The van der Waals surface area contributed by atoms with Crippen molar-refractivity contribution in [2.45, 2.75) is 12.8 Å². The third-order valence-electron chi connectivity index (χ3n) is 2.31. The Bertz CT molecular complexity index is 161. The maximum absolute atomic E-state index is 10.9. The SMILES string of the molecule is NC(=O)C1CCCN(CCBr)C1. The van der Waals surface area contributed by atoms with Gasteiger partial charge in [-0.15, -0.1) is 0 Å². The third-order valence-corrected chi connectivity index (χ3v) is 2.66. The van der Waals surface area contributed by atoms with Crippen LogP contribution in [0.2, 0.25) is 0 Å². The van der Waals surface area contributed by atoms with Crippen LogP contribution in [-0.4, -0.2) is 35.8 Å². The summed E-state index contributed by atoms with van der Waals surface area (Å²) in [6, 6.07) is 0. The molecule has 1 amide bonds. The number of carbonyl (C=O) groups is 1. The Kier molecular flexibility index (Phi) is 4.01. The number of halogens is 1. The summed E-state index contributed by atoms with van der Waals surface area (Å²) >= 11 is 3.38. The summed E-state index contributed by atoms with van der Waals surface area (Å²) in [6.07, 6.45) is 2.06. The first-order chi connectivity index (χ1) is 5.74. The predicted molar refractivity (Wildman–Crippen MR) is 52.2 cm³/mol. The number of hydrogen-bond donors (Lipinski definition) is 1. The fourth-order valence-corrected chi connectivity index (χ4v) is 2.11. The molecule has 2 N–H and O–H groups in total. The zero-order valence-corrected chi connectivity index (χ0v) is 8.72. The third kappa shape index (κ3) is 2.75. The molecule has 1 heterocycles. The number of alkyl halides is 1. The lowest BCUT2D eigenvalue weighted by atomic mass is 9.98. The van der Waals surface area contributed by atoms with E-state index >= 15 is 0 Å². The van der Waals surface area contributed by atoms with Crippen molar-refractivity contribution in [2.24, 2.45) is 11.7 Å². The van der Waals surface area contributed by atoms with Gasteiger partial charge < -0.3 is 10.6 Å². The number of hydrogen-bond acceptors (Lipinski definition) is 2. The molecule has 70 valence electrons. The molecular formula is C8H15BrN2O. The van der Waals surface area contributed by atoms with Crippen molar-refractivity contribution in [3.05, 3.63) is 0 Å². The molecule has 1 saturated heterocycles. The molecule has 1 atom stereocenters. The second kappa shape index (κ2) is 4.82. The van der Waals surface area contributed by atoms with Gasteiger partial charge >= 0.3 is 0 Å². The Hall–Kier alpha value is -0.0900. The Balaban J connectivity index is 2.35. The quantitative estimate of drug-likeness (QED) is 0.727. The number of amides is 1. The van der Waals surface area contributed by atoms with Crippen molar-refractivity contribution < 1.29 is 4.79 Å². The molecule has 0 bridgehead atoms. The van der Waals surface area contributed by atoms with Crippen LogP contribution in [0.5, 0.6) is 0 Å². The van der Waals surface area contributed by atoms with Crippen LogP contribution in [0, 0.1) is 5.92 Å². The van der Waals surface area contributed by atoms with E-state index in [4.69, 9.17) is 5.73 Å². The first-order valence-corrected chi connectivity index (χ1v) is 5.44. The average Bonchev–Trinajstić information content (AvgIpc) is 2.05. The number of nitrogens with zero attached hydrogens (tertiary/aromatic N) is 1. The monoisotopic (exact) mass is 234 g/mol. The Morgan fingerprint density at radius 3 is 3.00 bits per heavy atom. The highest BCUT2D eigenvalue weighted by atomic mass is 79.9. The molecule has 12 heavy (non-hydrogen) atoms. The summed E-state index contributed by atoms with van der Waals surface area (Å²) in [4.78, 5) is 13.2. The number of rotatable bonds is 3. The Morgan fingerprint density at radius 1 is 1.67 bits per heavy atom. The van der Waals surface area contributed by atoms with Gasteiger partial charge in [0.05, 0.1) is 5.92 Å². The van der Waals surface area contributed by atoms with Gasteiger partial charge in [0, 0.05) is 18.4 Å². The predicted octanol–water partition coefficient (Wildman–Crippen LogP) is 0.579. The van der Waals surface area contributed by atoms with Crippen LogP contribution >= 0.6 is 15.9 Å². The van der Waals surface area contributed by atoms with Gasteiger partial charge in [0.15, 0.2) is 0 Å². The van der Waals surface area contributed by atoms with Gasteiger partial charge in [-0.2, -0.15) is 0 Å². The van der Waals surface area contributed by atoms with Crippen molar-refractivity contribution in [3.8, 4) is 0 Å². The molecule has 1 rings (SSSR count). The fourth-order valence-electron chi connectivity index (χ4n) is 1.61. The van der Waals surface area contributed by atoms with E-state index < -0.39 is 0 Å². The lowest BCUT2D eigenvalue weighted by Crippen LogP contribution is -2.41. The van der Waals surface area contributed by atoms with E-state index in [1.54, 1.807) is 0 Å². The summed E-state index contributed by atoms with van der Waals surface area (Å²) in [5.41, 5.74) is 5.25. The second-order valence-corrected chi connectivity index (χ2v) is 4.02. The molecule has 1 aliphatic heterocycles. The summed E-state index contributed by atoms with van der Waals surface area (Å²) in [5.74, 6) is -0.0629. The van der Waals surface area contributed by atoms with Crippen LogP contribution in [0.15, 0.2) is 0 Å². The molecule has 1 aliphatic rings. The van der Waals surface area contributed by atoms with Gasteiger partial charge in [0.25, 0.3) is 0 Å². The molecule has 3 nitrogen and oxygen atoms in total. The van der Waals surface area contributed by atoms with Crippen molar-refractivity contribution in [3.63, 3.8) is 0 Å². The molecule has 1 fully saturated rings. The van der Waals surface area contributed by atoms with Gasteiger partial charge in [-0.05, 0) is 19.4 Å². The Morgan fingerprint density at radius 2 is 2.42 bits per heavy atom. The van der Waals surface area contributed by atoms with Crippen LogP contribution in [0.1, 0.15) is 12.8 Å². The zero-order chi connectivity index (χ0) is 8.97. The summed E-state index contributed by atoms with van der Waals surface area (Å²) < 4.78 is 0. The number of piperidine rings is 1. The normalized spacial score (nSPS) is 25.6. The molecule has 0 spiro atoms. The smallest absolute Gasteiger partial charge is 0.221 e. The van der Waals surface area contributed by atoms with E-state index in [9.17, 15) is 4.79 Å². The van der Waals surface area contributed by atoms with Gasteiger partial charge in [-0.25, -0.2) is 0 Å². The zero-order valence-electron chi connectivity index (χ0n) is 7.13. The largest absolute Gasteiger partial charge is 0.369 e. The van der Waals surface area contributed by atoms with Crippen molar-refractivity contribution in [1.29, 1.82) is 0 Å². The van der Waals surface area contributed by atoms with Gasteiger partial charge in [-0.3, -0.25) is 4.79 Å². The summed E-state index contributed by atoms with van der Waals surface area (Å²) in [5, 5.41) is 0.971. The maximum Gasteiger partial charge on any atom is 0.221 e. The van der Waals surface area contributed by atoms with Crippen LogP contribution in [-0.2, 0) is 4.79 Å². The number of carbonyl (C=O) groups excluding carboxylic acids is 1. The molecule has 0 aliphatic carbocycles. The van der Waals surface area contributed by atoms with E-state index in [1.807, 2.05) is 0 Å². The van der Waals surface area contributed by atoms with Crippen molar-refractivity contribution in [2.75, 3.05) is 25.0 Å². The molecule has 0 aromatic heterocycles. The van der Waals surface area contributed by atoms with E-state index in [1.165, 1.54) is 0 Å². The average molecular weight is 235 g/mol. The highest BCUT2D eigenvalue weighted by Gasteiger charge is 2.22. The standard InChI is InChI=1S/C8H15BrN2O/c9-3-5-11-4-1-2-7(6-11)8(10)12/h7H,1-6H2,(H2,10,12). The highest BCUT2D eigenvalue weighted by molar-refractivity contribution is 9.09. The number of nitrogens with two attached hydrogens (primary N) is 1. The molecule has 4 heteroatoms. The minimum absolute atomic E-state index is 0.0813. The lowest BCUT2D eigenvalue weighted by Gasteiger charge is -2.30. The molecule has 0 saturated carbocycles. The fraction of sp³-hybridized carbons (Fsp3) is 0.875. The van der Waals surface area contributed by atoms with Gasteiger partial charge in [0.2, 0.25) is 5.91 Å².